The Bertz CT molecular complexity index is 1220. The van der Waals surface area contributed by atoms with E-state index in [0.717, 1.165) is 28.5 Å². The van der Waals surface area contributed by atoms with Crippen LogP contribution in [0.15, 0.2) is 59.6 Å². The van der Waals surface area contributed by atoms with Crippen molar-refractivity contribution >= 4 is 38.3 Å². The first-order valence-corrected chi connectivity index (χ1v) is 13.7. The number of rotatable bonds is 7. The van der Waals surface area contributed by atoms with Gasteiger partial charge in [-0.15, -0.1) is 10.2 Å². The number of carbonyl (C=O) groups excluding carboxylic acids is 1. The van der Waals surface area contributed by atoms with Gasteiger partial charge in [0.15, 0.2) is 9.84 Å². The highest BCUT2D eigenvalue weighted by atomic mass is 32.2. The van der Waals surface area contributed by atoms with Crippen molar-refractivity contribution in [3.05, 3.63) is 54.6 Å². The number of hydrogen-bond acceptors (Lipinski definition) is 6. The lowest BCUT2D eigenvalue weighted by molar-refractivity contribution is -0.132. The number of fused-ring (bicyclic) bond motifs is 1. The average molecular weight is 470 g/mol. The molecule has 1 aliphatic heterocycles. The van der Waals surface area contributed by atoms with Crippen LogP contribution in [0, 0.1) is 0 Å². The van der Waals surface area contributed by atoms with Crippen molar-refractivity contribution in [1.82, 2.24) is 15.1 Å². The summed E-state index contributed by atoms with van der Waals surface area (Å²) in [5.41, 5.74) is 1.81. The topological polar surface area (TPSA) is 80.2 Å². The summed E-state index contributed by atoms with van der Waals surface area (Å²) in [6, 6.07) is 17.6. The molecule has 32 heavy (non-hydrogen) atoms. The molecule has 3 aromatic rings. The van der Waals surface area contributed by atoms with Crippen LogP contribution in [0.4, 0.5) is 0 Å². The predicted octanol–water partition coefficient (Wildman–Crippen LogP) is 4.20. The van der Waals surface area contributed by atoms with E-state index in [-0.39, 0.29) is 35.2 Å². The molecule has 2 heterocycles. The Morgan fingerprint density at radius 3 is 2.44 bits per heavy atom. The minimum atomic E-state index is -3.07. The van der Waals surface area contributed by atoms with Gasteiger partial charge in [-0.1, -0.05) is 73.3 Å². The van der Waals surface area contributed by atoms with Crippen LogP contribution in [-0.4, -0.2) is 58.8 Å². The Balaban J connectivity index is 1.58. The smallest absolute Gasteiger partial charge is 0.233 e. The second-order valence-electron chi connectivity index (χ2n) is 8.17. The molecule has 0 unspecified atom stereocenters. The highest BCUT2D eigenvalue weighted by Gasteiger charge is 2.36. The number of carbonyl (C=O) groups is 1. The molecule has 1 amide bonds. The molecule has 1 fully saturated rings. The number of sulfone groups is 1. The quantitative estimate of drug-likeness (QED) is 0.483. The van der Waals surface area contributed by atoms with Crippen LogP contribution in [0.3, 0.4) is 0 Å². The monoisotopic (exact) mass is 469 g/mol. The number of hydrogen-bond donors (Lipinski definition) is 0. The van der Waals surface area contributed by atoms with Crippen molar-refractivity contribution in [2.75, 3.05) is 17.3 Å². The Labute approximate surface area is 193 Å². The maximum Gasteiger partial charge on any atom is 0.233 e. The number of aromatic nitrogens is 2. The maximum absolute atomic E-state index is 13.2. The lowest BCUT2D eigenvalue weighted by Crippen LogP contribution is -2.47. The third-order valence-corrected chi connectivity index (χ3v) is 8.71. The normalized spacial score (nSPS) is 18.5. The van der Waals surface area contributed by atoms with Crippen LogP contribution in [0.1, 0.15) is 26.7 Å². The van der Waals surface area contributed by atoms with Crippen LogP contribution in [0.2, 0.25) is 0 Å². The fraction of sp³-hybridized carbons (Fsp3) is 0.375. The van der Waals surface area contributed by atoms with Crippen LogP contribution in [0.25, 0.3) is 22.0 Å². The van der Waals surface area contributed by atoms with Gasteiger partial charge in [-0.2, -0.15) is 0 Å². The zero-order chi connectivity index (χ0) is 22.7. The summed E-state index contributed by atoms with van der Waals surface area (Å²) < 4.78 is 24.0. The van der Waals surface area contributed by atoms with E-state index in [2.05, 4.69) is 10.2 Å². The van der Waals surface area contributed by atoms with Gasteiger partial charge in [-0.25, -0.2) is 8.42 Å². The van der Waals surface area contributed by atoms with E-state index in [4.69, 9.17) is 0 Å². The number of thioether (sulfide) groups is 1. The second-order valence-corrected chi connectivity index (χ2v) is 11.4. The van der Waals surface area contributed by atoms with Crippen LogP contribution < -0.4 is 0 Å². The summed E-state index contributed by atoms with van der Waals surface area (Å²) in [6.45, 7) is 4.00. The van der Waals surface area contributed by atoms with E-state index >= 15 is 0 Å². The lowest BCUT2D eigenvalue weighted by atomic mass is 10.1. The molecule has 1 aromatic heterocycles. The molecule has 6 nitrogen and oxygen atoms in total. The summed E-state index contributed by atoms with van der Waals surface area (Å²) in [7, 11) is -3.07. The van der Waals surface area contributed by atoms with Crippen molar-refractivity contribution < 1.29 is 13.2 Å². The Hall–Kier alpha value is -2.45. The Morgan fingerprint density at radius 1 is 1.09 bits per heavy atom. The van der Waals surface area contributed by atoms with Gasteiger partial charge in [-0.3, -0.25) is 4.79 Å². The van der Waals surface area contributed by atoms with Gasteiger partial charge in [-0.05, 0) is 19.8 Å². The molecule has 2 aromatic carbocycles. The van der Waals surface area contributed by atoms with E-state index in [1.807, 2.05) is 68.4 Å². The molecule has 0 aliphatic carbocycles. The van der Waals surface area contributed by atoms with Crippen LogP contribution in [0.5, 0.6) is 0 Å². The van der Waals surface area contributed by atoms with Gasteiger partial charge in [0, 0.05) is 28.4 Å². The van der Waals surface area contributed by atoms with Gasteiger partial charge >= 0.3 is 0 Å². The highest BCUT2D eigenvalue weighted by molar-refractivity contribution is 8.00. The van der Waals surface area contributed by atoms with Crippen molar-refractivity contribution in [2.45, 2.75) is 43.8 Å². The molecule has 0 spiro atoms. The van der Waals surface area contributed by atoms with Gasteiger partial charge < -0.3 is 4.90 Å². The van der Waals surface area contributed by atoms with Crippen LogP contribution >= 0.6 is 11.8 Å². The first-order valence-electron chi connectivity index (χ1n) is 10.8. The maximum atomic E-state index is 13.2. The minimum Gasteiger partial charge on any atom is -0.335 e. The number of amides is 1. The number of benzene rings is 2. The molecule has 0 bridgehead atoms. The standard InChI is InChI=1S/C24H27N3O3S2/c1-3-17(2)27(19-13-14-32(29,30)16-19)22(28)15-31-24-21-12-8-7-11-20(21)23(25-26-24)18-9-5-4-6-10-18/h4-12,17,19H,3,13-16H2,1-2H3/t17-,19+/m1/s1. The van der Waals surface area contributed by atoms with Gasteiger partial charge in [0.25, 0.3) is 0 Å². The van der Waals surface area contributed by atoms with E-state index in [0.29, 0.717) is 11.4 Å². The fourth-order valence-corrected chi connectivity index (χ4v) is 6.75. The molecule has 1 aliphatic rings. The largest absolute Gasteiger partial charge is 0.335 e. The van der Waals surface area contributed by atoms with Crippen molar-refractivity contribution in [2.24, 2.45) is 0 Å². The zero-order valence-corrected chi connectivity index (χ0v) is 19.9. The van der Waals surface area contributed by atoms with Gasteiger partial charge in [0.1, 0.15) is 10.7 Å². The van der Waals surface area contributed by atoms with E-state index in [1.54, 1.807) is 4.90 Å². The summed E-state index contributed by atoms with van der Waals surface area (Å²) >= 11 is 1.36. The summed E-state index contributed by atoms with van der Waals surface area (Å²) in [6.07, 6.45) is 1.29. The minimum absolute atomic E-state index is 0.00955. The van der Waals surface area contributed by atoms with E-state index in [1.165, 1.54) is 11.8 Å². The first kappa shape index (κ1) is 22.7. The molecular formula is C24H27N3O3S2. The van der Waals surface area contributed by atoms with E-state index in [9.17, 15) is 13.2 Å². The molecule has 8 heteroatoms. The fourth-order valence-electron chi connectivity index (χ4n) is 4.20. The summed E-state index contributed by atoms with van der Waals surface area (Å²) in [5.74, 6) is 0.360. The van der Waals surface area contributed by atoms with Crippen molar-refractivity contribution in [3.63, 3.8) is 0 Å². The number of nitrogens with zero attached hydrogens (tertiary/aromatic N) is 3. The zero-order valence-electron chi connectivity index (χ0n) is 18.3. The molecular weight excluding hydrogens is 442 g/mol. The van der Waals surface area contributed by atoms with Crippen molar-refractivity contribution in [3.8, 4) is 11.3 Å². The van der Waals surface area contributed by atoms with Gasteiger partial charge in [0.05, 0.1) is 17.3 Å². The molecule has 4 rings (SSSR count). The third kappa shape index (κ3) is 4.81. The molecule has 0 saturated carbocycles. The Morgan fingerprint density at radius 2 is 1.78 bits per heavy atom. The summed E-state index contributed by atoms with van der Waals surface area (Å²) in [4.78, 5) is 15.0. The van der Waals surface area contributed by atoms with Crippen molar-refractivity contribution in [1.29, 1.82) is 0 Å². The predicted molar refractivity (Wildman–Crippen MR) is 129 cm³/mol. The third-order valence-electron chi connectivity index (χ3n) is 5.99. The Kier molecular flexibility index (Phi) is 6.81. The highest BCUT2D eigenvalue weighted by Crippen LogP contribution is 2.32. The molecule has 168 valence electrons. The van der Waals surface area contributed by atoms with Gasteiger partial charge in [0.2, 0.25) is 5.91 Å². The summed E-state index contributed by atoms with van der Waals surface area (Å²) in [5, 5.41) is 11.6. The molecule has 0 N–H and O–H groups in total. The lowest BCUT2D eigenvalue weighted by Gasteiger charge is -2.33. The molecule has 2 atom stereocenters. The van der Waals surface area contributed by atoms with Crippen LogP contribution in [-0.2, 0) is 14.6 Å². The van der Waals surface area contributed by atoms with E-state index < -0.39 is 9.84 Å². The molecule has 1 saturated heterocycles. The molecule has 0 radical (unpaired) electrons. The SMILES string of the molecule is CC[C@@H](C)N(C(=O)CSc1nnc(-c2ccccc2)c2ccccc12)[C@H]1CCS(=O)(=O)C1. The average Bonchev–Trinajstić information content (AvgIpc) is 3.16. The second kappa shape index (κ2) is 9.58. The first-order chi connectivity index (χ1) is 15.4.